The molecule has 0 spiro atoms. The van der Waals surface area contributed by atoms with Gasteiger partial charge >= 0.3 is 0 Å². The molecule has 2 aromatic carbocycles. The largest absolute Gasteiger partial charge is 0.462 e. The Morgan fingerprint density at radius 3 is 2.07 bits per heavy atom. The Bertz CT molecular complexity index is 2340. The summed E-state index contributed by atoms with van der Waals surface area (Å²) >= 11 is 0.895. The first-order chi connectivity index (χ1) is 25.7. The van der Waals surface area contributed by atoms with Crippen molar-refractivity contribution in [1.29, 1.82) is 0 Å². The summed E-state index contributed by atoms with van der Waals surface area (Å²) < 4.78 is 77.8. The van der Waals surface area contributed by atoms with E-state index in [0.29, 0.717) is 29.1 Å². The second-order valence-corrected chi connectivity index (χ2v) is 14.3. The number of aromatic nitrogens is 2. The summed E-state index contributed by atoms with van der Waals surface area (Å²) in [6.07, 6.45) is 8.06. The number of benzene rings is 2. The van der Waals surface area contributed by atoms with E-state index in [0.717, 1.165) is 28.9 Å². The average molecular weight is 831 g/mol. The lowest BCUT2D eigenvalue weighted by Crippen LogP contribution is -2.23. The minimum atomic E-state index is -4.89. The number of hydrazone groups is 1. The number of hydrogen-bond acceptors (Lipinski definition) is 18. The quantitative estimate of drug-likeness (QED) is 0.0156. The molecule has 0 unspecified atom stereocenters. The van der Waals surface area contributed by atoms with E-state index in [1.54, 1.807) is 13.0 Å². The molecule has 0 bridgehead atoms. The van der Waals surface area contributed by atoms with E-state index in [2.05, 4.69) is 34.9 Å². The lowest BCUT2D eigenvalue weighted by molar-refractivity contribution is -0.432. The van der Waals surface area contributed by atoms with E-state index < -0.39 is 47.2 Å². The van der Waals surface area contributed by atoms with Gasteiger partial charge in [-0.2, -0.15) is 26.9 Å². The molecular formula is C29H26N4O17S4. The van der Waals surface area contributed by atoms with Gasteiger partial charge in [-0.3, -0.25) is 23.8 Å². The molecule has 288 valence electrons. The number of aliphatic hydroxyl groups excluding tert-OH is 1. The van der Waals surface area contributed by atoms with Gasteiger partial charge in [-0.25, -0.2) is 25.0 Å². The van der Waals surface area contributed by atoms with Gasteiger partial charge in [0, 0.05) is 9.79 Å². The van der Waals surface area contributed by atoms with Crippen molar-refractivity contribution in [1.82, 2.24) is 9.78 Å². The number of H-pyrrole nitrogens is 1. The fourth-order valence-electron chi connectivity index (χ4n) is 4.52. The summed E-state index contributed by atoms with van der Waals surface area (Å²) in [5.74, 6) is 1.46. The van der Waals surface area contributed by atoms with E-state index in [1.165, 1.54) is 42.5 Å². The molecule has 0 atom stereocenters. The van der Waals surface area contributed by atoms with Crippen molar-refractivity contribution >= 4 is 67.7 Å². The Labute approximate surface area is 313 Å². The van der Waals surface area contributed by atoms with Gasteiger partial charge in [-0.1, -0.05) is 34.2 Å². The van der Waals surface area contributed by atoms with Crippen molar-refractivity contribution in [2.75, 3.05) is 11.6 Å². The molecule has 0 saturated heterocycles. The number of carbonyl (C=O) groups is 1. The third-order valence-corrected chi connectivity index (χ3v) is 9.61. The van der Waals surface area contributed by atoms with Gasteiger partial charge in [-0.15, -0.1) is 8.67 Å². The lowest BCUT2D eigenvalue weighted by Gasteiger charge is -2.15. The lowest BCUT2D eigenvalue weighted by atomic mass is 10.1. The average Bonchev–Trinajstić information content (AvgIpc) is 3.61. The molecule has 0 fully saturated rings. The van der Waals surface area contributed by atoms with Crippen LogP contribution in [0.4, 0.5) is 5.69 Å². The number of nitrogens with zero attached hydrogens (tertiary/aromatic N) is 3. The Kier molecular flexibility index (Phi) is 14.9. The fraction of sp³-hybridized carbons (Fsp3) is 0.138. The van der Waals surface area contributed by atoms with Crippen LogP contribution >= 0.6 is 24.1 Å². The molecular weight excluding hydrogens is 805 g/mol. The van der Waals surface area contributed by atoms with Gasteiger partial charge in [-0.05, 0) is 55.5 Å². The number of nitrogens with one attached hydrogen (secondary N) is 1. The maximum absolute atomic E-state index is 13.6. The molecule has 1 aliphatic heterocycles. The van der Waals surface area contributed by atoms with Gasteiger partial charge in [0.1, 0.15) is 22.5 Å². The highest BCUT2D eigenvalue weighted by atomic mass is 32.2. The topological polar surface area (TPSA) is 295 Å². The van der Waals surface area contributed by atoms with E-state index in [-0.39, 0.29) is 57.7 Å². The zero-order valence-electron chi connectivity index (χ0n) is 27.1. The predicted octanol–water partition coefficient (Wildman–Crippen LogP) is 3.61. The molecule has 21 nitrogen and oxygen atoms in total. The summed E-state index contributed by atoms with van der Waals surface area (Å²) in [6.45, 7) is 1.45. The molecule has 0 saturated carbocycles. The Hall–Kier alpha value is -4.63. The Morgan fingerprint density at radius 1 is 0.889 bits per heavy atom. The predicted molar refractivity (Wildman–Crippen MR) is 186 cm³/mol. The second-order valence-electron chi connectivity index (χ2n) is 9.93. The van der Waals surface area contributed by atoms with Gasteiger partial charge in [0.2, 0.25) is 0 Å². The third kappa shape index (κ3) is 10.5. The van der Waals surface area contributed by atoms with Crippen LogP contribution in [0.25, 0.3) is 11.8 Å². The molecule has 1 amide bonds. The molecule has 25 heteroatoms. The van der Waals surface area contributed by atoms with Crippen molar-refractivity contribution in [2.24, 2.45) is 5.10 Å². The number of anilines is 1. The Balaban J connectivity index is 1.72. The van der Waals surface area contributed by atoms with Crippen LogP contribution < -0.4 is 10.6 Å². The number of aromatic amines is 1. The van der Waals surface area contributed by atoms with Crippen LogP contribution in [0.5, 0.6) is 0 Å². The SMILES string of the molecule is CCOOCc1[nH]n(-c2cc(SOOO)ccc2S(=O)(=O)O)c(=O)c1C=CC=C/C=C1\C(=O)N(c2cc(SOOO)ccc2S(=O)(=O)O)N=C1CC#CO. The molecule has 3 aromatic rings. The van der Waals surface area contributed by atoms with Crippen LogP contribution in [-0.2, 0) is 60.2 Å². The summed E-state index contributed by atoms with van der Waals surface area (Å²) in [7, 11) is -9.77. The highest BCUT2D eigenvalue weighted by molar-refractivity contribution is 7.94. The zero-order chi connectivity index (χ0) is 39.5. The highest BCUT2D eigenvalue weighted by Gasteiger charge is 2.34. The fourth-order valence-corrected chi connectivity index (χ4v) is 6.61. The van der Waals surface area contributed by atoms with Crippen LogP contribution in [-0.4, -0.2) is 69.6 Å². The molecule has 4 rings (SSSR count). The van der Waals surface area contributed by atoms with Crippen molar-refractivity contribution in [3.05, 3.63) is 87.9 Å². The molecule has 54 heavy (non-hydrogen) atoms. The smallest absolute Gasteiger partial charge is 0.296 e. The minimum Gasteiger partial charge on any atom is -0.462 e. The van der Waals surface area contributed by atoms with Gasteiger partial charge in [0.15, 0.2) is 0 Å². The van der Waals surface area contributed by atoms with Gasteiger partial charge in [0.05, 0.1) is 71.0 Å². The number of carbonyl (C=O) groups excluding carboxylic acids is 1. The maximum atomic E-state index is 13.6. The first-order valence-electron chi connectivity index (χ1n) is 14.5. The summed E-state index contributed by atoms with van der Waals surface area (Å²) in [4.78, 5) is 36.1. The van der Waals surface area contributed by atoms with Crippen molar-refractivity contribution in [3.8, 4) is 17.7 Å². The van der Waals surface area contributed by atoms with Crippen LogP contribution in [0.1, 0.15) is 24.6 Å². The molecule has 2 heterocycles. The van der Waals surface area contributed by atoms with Crippen LogP contribution in [0.3, 0.4) is 0 Å². The normalized spacial score (nSPS) is 14.4. The van der Waals surface area contributed by atoms with Crippen LogP contribution in [0, 0.1) is 12.0 Å². The van der Waals surface area contributed by atoms with E-state index in [4.69, 9.17) is 25.4 Å². The zero-order valence-corrected chi connectivity index (χ0v) is 30.3. The van der Waals surface area contributed by atoms with Crippen molar-refractivity contribution < 1.29 is 74.9 Å². The first-order valence-corrected chi connectivity index (χ1v) is 18.8. The first kappa shape index (κ1) is 42.1. The molecule has 6 N–H and O–H groups in total. The summed E-state index contributed by atoms with van der Waals surface area (Å²) in [5.41, 5.74) is -1.66. The number of hydrogen-bond donors (Lipinski definition) is 6. The highest BCUT2D eigenvalue weighted by Crippen LogP contribution is 2.35. The van der Waals surface area contributed by atoms with Crippen LogP contribution in [0.15, 0.2) is 95.8 Å². The molecule has 1 aliphatic rings. The van der Waals surface area contributed by atoms with Gasteiger partial charge in [0.25, 0.3) is 31.7 Å². The molecule has 0 aliphatic carbocycles. The second kappa shape index (κ2) is 19.1. The standard InChI is InChI=1S/C29H26N4O17S4/c1-2-45-46-17-23-21(29(36)33(31-23)25-16-19(52-50-48-38)11-13-27(25)54(42,43)44)8-5-3-4-7-20-22(9-6-14-34)30-32(28(20)35)24-15-18(51-49-47-37)10-12-26(24)53(39,40)41/h3-5,7-8,10-13,15-16,31,34,37-38H,2,9,17H2,1H3,(H,39,40,41)(H,42,43,44)/b4-3?,8-5?,20-7-. The summed E-state index contributed by atoms with van der Waals surface area (Å²) in [6, 6.07) is 6.58. The molecule has 0 radical (unpaired) electrons. The van der Waals surface area contributed by atoms with Crippen LogP contribution in [0.2, 0.25) is 0 Å². The number of amides is 1. The van der Waals surface area contributed by atoms with E-state index in [1.807, 2.05) is 0 Å². The monoisotopic (exact) mass is 830 g/mol. The summed E-state index contributed by atoms with van der Waals surface area (Å²) in [5, 5.41) is 40.6. The number of aliphatic hydroxyl groups is 1. The minimum absolute atomic E-state index is 0.0145. The van der Waals surface area contributed by atoms with E-state index in [9.17, 15) is 35.5 Å². The van der Waals surface area contributed by atoms with E-state index >= 15 is 0 Å². The number of allylic oxidation sites excluding steroid dienone is 4. The number of rotatable bonds is 18. The Morgan fingerprint density at radius 2 is 1.50 bits per heavy atom. The van der Waals surface area contributed by atoms with Crippen molar-refractivity contribution in [3.63, 3.8) is 0 Å². The maximum Gasteiger partial charge on any atom is 0.296 e. The van der Waals surface area contributed by atoms with Gasteiger partial charge < -0.3 is 5.11 Å². The molecule has 1 aromatic heterocycles. The third-order valence-electron chi connectivity index (χ3n) is 6.65. The van der Waals surface area contributed by atoms with Crippen molar-refractivity contribution in [2.45, 2.75) is 39.5 Å².